The van der Waals surface area contributed by atoms with E-state index in [1.165, 1.54) is 10.9 Å². The molecule has 7 heteroatoms. The van der Waals surface area contributed by atoms with Gasteiger partial charge in [-0.15, -0.1) is 0 Å². The van der Waals surface area contributed by atoms with E-state index in [4.69, 9.17) is 16.3 Å². The zero-order chi connectivity index (χ0) is 13.8. The van der Waals surface area contributed by atoms with Gasteiger partial charge in [0.15, 0.2) is 0 Å². The average molecular weight is 455 g/mol. The van der Waals surface area contributed by atoms with Crippen molar-refractivity contribution in [3.63, 3.8) is 0 Å². The van der Waals surface area contributed by atoms with Gasteiger partial charge < -0.3 is 4.74 Å². The summed E-state index contributed by atoms with van der Waals surface area (Å²) in [7, 11) is 0. The van der Waals surface area contributed by atoms with E-state index >= 15 is 0 Å². The molecule has 2 rings (SSSR count). The number of ether oxygens (including phenoxy) is 1. The first kappa shape index (κ1) is 14.8. The van der Waals surface area contributed by atoms with Crippen LogP contribution in [0.15, 0.2) is 39.9 Å². The van der Waals surface area contributed by atoms with Gasteiger partial charge in [-0.3, -0.25) is 9.36 Å². The zero-order valence-corrected chi connectivity index (χ0v) is 14.1. The van der Waals surface area contributed by atoms with Gasteiger partial charge in [-0.05, 0) is 40.8 Å². The van der Waals surface area contributed by atoms with E-state index in [1.807, 2.05) is 46.9 Å². The first-order valence-electron chi connectivity index (χ1n) is 5.37. The Morgan fingerprint density at radius 1 is 1.47 bits per heavy atom. The van der Waals surface area contributed by atoms with E-state index in [0.717, 1.165) is 10.2 Å². The highest BCUT2D eigenvalue weighted by molar-refractivity contribution is 14.1. The smallest absolute Gasteiger partial charge is 0.268 e. The van der Waals surface area contributed by atoms with E-state index in [1.54, 1.807) is 0 Å². The normalized spacial score (nSPS) is 10.5. The van der Waals surface area contributed by atoms with Gasteiger partial charge in [0.05, 0.1) is 12.9 Å². The van der Waals surface area contributed by atoms with Crippen molar-refractivity contribution in [3.8, 4) is 5.75 Å². The Kier molecular flexibility index (Phi) is 5.23. The van der Waals surface area contributed by atoms with Crippen molar-refractivity contribution >= 4 is 50.1 Å². The molecular weight excluding hydrogens is 446 g/mol. The predicted octanol–water partition coefficient (Wildman–Crippen LogP) is 3.34. The third-order valence-corrected chi connectivity index (χ3v) is 4.41. The van der Waals surface area contributed by atoms with Crippen LogP contribution in [0.2, 0.25) is 5.15 Å². The molecule has 0 aliphatic rings. The minimum atomic E-state index is -0.154. The lowest BCUT2D eigenvalue weighted by Gasteiger charge is -2.08. The fourth-order valence-electron chi connectivity index (χ4n) is 1.42. The SMILES string of the molecule is O=c1c(I)c(Cl)ncn1CCOc1cccc(Br)c1. The van der Waals surface area contributed by atoms with E-state index < -0.39 is 0 Å². The predicted molar refractivity (Wildman–Crippen MR) is 85.9 cm³/mol. The van der Waals surface area contributed by atoms with Crippen molar-refractivity contribution in [2.24, 2.45) is 0 Å². The summed E-state index contributed by atoms with van der Waals surface area (Å²) >= 11 is 11.0. The summed E-state index contributed by atoms with van der Waals surface area (Å²) in [6.07, 6.45) is 1.43. The fraction of sp³-hybridized carbons (Fsp3) is 0.167. The standard InChI is InChI=1S/C12H9BrClIN2O2/c13-8-2-1-3-9(6-8)19-5-4-17-7-16-11(14)10(15)12(17)18/h1-3,6-7H,4-5H2. The Morgan fingerprint density at radius 2 is 2.26 bits per heavy atom. The first-order valence-corrected chi connectivity index (χ1v) is 7.61. The number of hydrogen-bond acceptors (Lipinski definition) is 3. The summed E-state index contributed by atoms with van der Waals surface area (Å²) < 4.78 is 8.41. The Hall–Kier alpha value is -0.600. The van der Waals surface area contributed by atoms with Gasteiger partial charge in [0.2, 0.25) is 0 Å². The summed E-state index contributed by atoms with van der Waals surface area (Å²) in [6, 6.07) is 7.53. The van der Waals surface area contributed by atoms with Crippen molar-refractivity contribution in [2.75, 3.05) is 6.61 Å². The van der Waals surface area contributed by atoms with Crippen LogP contribution in [0.5, 0.6) is 5.75 Å². The molecule has 4 nitrogen and oxygen atoms in total. The molecule has 0 N–H and O–H groups in total. The van der Waals surface area contributed by atoms with Gasteiger partial charge in [0.25, 0.3) is 5.56 Å². The van der Waals surface area contributed by atoms with E-state index in [0.29, 0.717) is 16.7 Å². The topological polar surface area (TPSA) is 44.1 Å². The molecule has 0 amide bonds. The van der Waals surface area contributed by atoms with Crippen LogP contribution in [0.1, 0.15) is 0 Å². The van der Waals surface area contributed by atoms with Crippen LogP contribution in [0.25, 0.3) is 0 Å². The second-order valence-corrected chi connectivity index (χ2v) is 6.01. The summed E-state index contributed by atoms with van der Waals surface area (Å²) in [5, 5.41) is 0.231. The molecule has 0 saturated heterocycles. The number of aromatic nitrogens is 2. The van der Waals surface area contributed by atoms with Gasteiger partial charge in [-0.2, -0.15) is 0 Å². The molecule has 19 heavy (non-hydrogen) atoms. The molecule has 2 aromatic rings. The number of benzene rings is 1. The third-order valence-electron chi connectivity index (χ3n) is 2.34. The van der Waals surface area contributed by atoms with Crippen LogP contribution in [0, 0.1) is 3.57 Å². The van der Waals surface area contributed by atoms with Gasteiger partial charge in [0, 0.05) is 4.47 Å². The Morgan fingerprint density at radius 3 is 3.00 bits per heavy atom. The van der Waals surface area contributed by atoms with Crippen LogP contribution in [-0.2, 0) is 6.54 Å². The molecule has 0 radical (unpaired) electrons. The highest BCUT2D eigenvalue weighted by Gasteiger charge is 2.06. The molecule has 0 unspecified atom stereocenters. The number of hydrogen-bond donors (Lipinski definition) is 0. The van der Waals surface area contributed by atoms with Crippen LogP contribution in [0.3, 0.4) is 0 Å². The average Bonchev–Trinajstić information content (AvgIpc) is 2.39. The van der Waals surface area contributed by atoms with Crippen molar-refractivity contribution < 1.29 is 4.74 Å². The van der Waals surface area contributed by atoms with Crippen LogP contribution < -0.4 is 10.3 Å². The molecule has 0 saturated carbocycles. The monoisotopic (exact) mass is 454 g/mol. The lowest BCUT2D eigenvalue weighted by atomic mass is 10.3. The van der Waals surface area contributed by atoms with Gasteiger partial charge >= 0.3 is 0 Å². The first-order chi connectivity index (χ1) is 9.08. The second-order valence-electron chi connectivity index (χ2n) is 3.65. The van der Waals surface area contributed by atoms with E-state index in [2.05, 4.69) is 20.9 Å². The van der Waals surface area contributed by atoms with Crippen LogP contribution >= 0.6 is 50.1 Å². The molecule has 0 fully saturated rings. The quantitative estimate of drug-likeness (QED) is 0.525. The Labute approximate surface area is 137 Å². The fourth-order valence-corrected chi connectivity index (χ4v) is 2.37. The minimum Gasteiger partial charge on any atom is -0.492 e. The highest BCUT2D eigenvalue weighted by atomic mass is 127. The molecule has 0 aliphatic carbocycles. The van der Waals surface area contributed by atoms with Crippen LogP contribution in [-0.4, -0.2) is 16.2 Å². The molecule has 1 aromatic carbocycles. The maximum absolute atomic E-state index is 11.9. The van der Waals surface area contributed by atoms with Crippen LogP contribution in [0.4, 0.5) is 0 Å². The third kappa shape index (κ3) is 3.93. The summed E-state index contributed by atoms with van der Waals surface area (Å²) in [4.78, 5) is 15.8. The number of rotatable bonds is 4. The largest absolute Gasteiger partial charge is 0.492 e. The number of nitrogens with zero attached hydrogens (tertiary/aromatic N) is 2. The summed E-state index contributed by atoms with van der Waals surface area (Å²) in [5.74, 6) is 0.749. The van der Waals surface area contributed by atoms with Crippen molar-refractivity contribution in [2.45, 2.75) is 6.54 Å². The van der Waals surface area contributed by atoms with Gasteiger partial charge in [-0.1, -0.05) is 33.6 Å². The molecule has 0 spiro atoms. The molecule has 0 aliphatic heterocycles. The summed E-state index contributed by atoms with van der Waals surface area (Å²) in [6.45, 7) is 0.807. The van der Waals surface area contributed by atoms with Crippen molar-refractivity contribution in [1.82, 2.24) is 9.55 Å². The zero-order valence-electron chi connectivity index (χ0n) is 9.65. The van der Waals surface area contributed by atoms with Gasteiger partial charge in [0.1, 0.15) is 21.1 Å². The summed E-state index contributed by atoms with van der Waals surface area (Å²) in [5.41, 5.74) is -0.154. The molecule has 0 atom stereocenters. The van der Waals surface area contributed by atoms with Crippen molar-refractivity contribution in [3.05, 3.63) is 54.1 Å². The minimum absolute atomic E-state index is 0.154. The maximum Gasteiger partial charge on any atom is 0.268 e. The van der Waals surface area contributed by atoms with E-state index in [9.17, 15) is 4.79 Å². The molecular formula is C12H9BrClIN2O2. The molecule has 0 bridgehead atoms. The second kappa shape index (κ2) is 6.71. The van der Waals surface area contributed by atoms with Crippen molar-refractivity contribution in [1.29, 1.82) is 0 Å². The van der Waals surface area contributed by atoms with E-state index in [-0.39, 0.29) is 10.7 Å². The lowest BCUT2D eigenvalue weighted by molar-refractivity contribution is 0.295. The highest BCUT2D eigenvalue weighted by Crippen LogP contribution is 2.17. The molecule has 1 heterocycles. The lowest BCUT2D eigenvalue weighted by Crippen LogP contribution is -2.25. The molecule has 1 aromatic heterocycles. The maximum atomic E-state index is 11.9. The Balaban J connectivity index is 2.00. The molecule has 100 valence electrons. The van der Waals surface area contributed by atoms with Gasteiger partial charge in [-0.25, -0.2) is 4.98 Å². The Bertz CT molecular complexity index is 648. The number of halogens is 3.